The van der Waals surface area contributed by atoms with Crippen molar-refractivity contribution in [2.75, 3.05) is 55.9 Å². The lowest BCUT2D eigenvalue weighted by molar-refractivity contribution is -0.144. The van der Waals surface area contributed by atoms with Gasteiger partial charge in [0.1, 0.15) is 90.6 Å². The van der Waals surface area contributed by atoms with E-state index < -0.39 is 271 Å². The van der Waals surface area contributed by atoms with Crippen molar-refractivity contribution in [3.8, 4) is 0 Å². The van der Waals surface area contributed by atoms with Gasteiger partial charge in [-0.3, -0.25) is 86.3 Å². The normalized spacial score (nSPS) is 28.0. The van der Waals surface area contributed by atoms with Gasteiger partial charge in [0.2, 0.25) is 94.5 Å². The second kappa shape index (κ2) is 44.4. The summed E-state index contributed by atoms with van der Waals surface area (Å²) in [6.45, 7) is 4.21. The summed E-state index contributed by atoms with van der Waals surface area (Å²) in [5.74, 6) is -23.3. The molecule has 4 aliphatic rings. The second-order valence-electron chi connectivity index (χ2n) is 27.4. The Kier molecular flexibility index (Phi) is 36.1. The van der Waals surface area contributed by atoms with Gasteiger partial charge in [0.05, 0.1) is 38.8 Å². The van der Waals surface area contributed by atoms with Crippen LogP contribution >= 0.6 is 43.2 Å². The summed E-state index contributed by atoms with van der Waals surface area (Å²) in [5, 5.41) is 73.1. The predicted molar refractivity (Wildman–Crippen MR) is 400 cm³/mol. The highest BCUT2D eigenvalue weighted by atomic mass is 33.1. The summed E-state index contributed by atoms with van der Waals surface area (Å²) in [7, 11) is 3.15. The number of fused-ring (bicyclic) bond motifs is 10. The number of amides is 16. The number of aliphatic hydroxyl groups is 2. The van der Waals surface area contributed by atoms with Crippen LogP contribution in [0.2, 0.25) is 0 Å². The molecule has 618 valence electrons. The first kappa shape index (κ1) is 91.0. The first-order chi connectivity index (χ1) is 53.1. The van der Waals surface area contributed by atoms with E-state index in [2.05, 4.69) is 89.1 Å². The number of primary amides is 1. The van der Waals surface area contributed by atoms with Gasteiger partial charge >= 0.3 is 11.9 Å². The predicted octanol–water partition coefficient (Wildman–Crippen LogP) is -8.52. The number of carboxylic acids is 2. The van der Waals surface area contributed by atoms with Gasteiger partial charge in [-0.25, -0.2) is 9.97 Å². The molecule has 2 bridgehead atoms. The maximum atomic E-state index is 14.8. The van der Waals surface area contributed by atoms with E-state index in [0.29, 0.717) is 5.69 Å². The molecule has 112 heavy (non-hydrogen) atoms. The lowest BCUT2D eigenvalue weighted by Crippen LogP contribution is -2.62. The summed E-state index contributed by atoms with van der Waals surface area (Å²) < 4.78 is 0. The zero-order chi connectivity index (χ0) is 82.6. The molecule has 23 N–H and O–H groups in total. The van der Waals surface area contributed by atoms with Crippen LogP contribution in [0.15, 0.2) is 25.0 Å². The van der Waals surface area contributed by atoms with Gasteiger partial charge in [-0.05, 0) is 57.3 Å². The number of nitrogens with one attached hydrogen (secondary N) is 15. The molecule has 15 atom stereocenters. The van der Waals surface area contributed by atoms with Gasteiger partial charge in [-0.1, -0.05) is 70.9 Å². The summed E-state index contributed by atoms with van der Waals surface area (Å²) in [6.07, 6.45) is 2.22. The van der Waals surface area contributed by atoms with E-state index in [1.54, 1.807) is 13.8 Å². The first-order valence-electron chi connectivity index (χ1n) is 35.8. The largest absolute Gasteiger partial charge is 0.481 e. The van der Waals surface area contributed by atoms with Gasteiger partial charge in [-0.15, -0.1) is 0 Å². The zero-order valence-corrected chi connectivity index (χ0v) is 65.0. The molecule has 43 nitrogen and oxygen atoms in total. The number of imidazole rings is 2. The summed E-state index contributed by atoms with van der Waals surface area (Å²) in [4.78, 5) is 269. The third-order valence-corrected chi connectivity index (χ3v) is 22.8. The molecule has 2 aromatic rings. The Hall–Kier alpha value is -9.84. The maximum absolute atomic E-state index is 14.8. The van der Waals surface area contributed by atoms with Gasteiger partial charge < -0.3 is 121 Å². The third kappa shape index (κ3) is 27.5. The van der Waals surface area contributed by atoms with Crippen LogP contribution in [0.1, 0.15) is 97.4 Å². The molecule has 4 aliphatic heterocycles. The van der Waals surface area contributed by atoms with Crippen LogP contribution in [0.3, 0.4) is 0 Å². The van der Waals surface area contributed by atoms with Crippen LogP contribution in [0, 0.1) is 11.8 Å². The third-order valence-electron chi connectivity index (χ3n) is 18.0. The number of carbonyl (C=O) groups is 18. The number of H-pyrrole nitrogens is 2. The molecule has 16 amide bonds. The number of rotatable bonds is 17. The fourth-order valence-electron chi connectivity index (χ4n) is 12.0. The molecular formula is C65H97N21O22S4. The number of hydrogen-bond acceptors (Lipinski definition) is 27. The minimum Gasteiger partial charge on any atom is -0.481 e. The van der Waals surface area contributed by atoms with Crippen LogP contribution in [0.4, 0.5) is 0 Å². The molecule has 4 saturated heterocycles. The Morgan fingerprint density at radius 1 is 0.518 bits per heavy atom. The van der Waals surface area contributed by atoms with Gasteiger partial charge in [0, 0.05) is 79.1 Å². The standard InChI is InChI=1S/C65H97N21O22S4/c1-29(2)14-35-54(97)81-41(51(67)94)23-109-111-26-44-60(103)79-39(21-87)56(99)78-38(16-33-20-69-28-71-33)65(108)85-12-6-8-45(85)61(104)72-31(5)52(95)82-43(25-112-110-24-42(58(101)83-44)73-47(89)18-66)59(102)80-40(22-88)57(100)84-50(30(3)4)63(106)76-36(17-49(92)93)55(98)77-37(15-32-19-68-27-70-32)64(107)86-13-7-9-46(86)62(105)74-34(53(96)75-35)10-11-48(90)91/h19-20,27-31,34-46,50,87-88H,6-18,21-26,66H2,1-5H3,(H2,67,94)(H,68,70)(H,69,71)(H,72,104)(H,73,89)(H,74,105)(H,75,96)(H,76,106)(H,77,98)(H,78,99)(H,79,103)(H,80,102)(H,81,97)(H,82,95)(H,83,101)(H,84,100)(H,90,91)(H,92,93)/t31-,34-,35-,36-,37-,38-,39-,40-,41-,42-,43-,44-,45-,46-,50-/m0/s1. The minimum absolute atomic E-state index is 0.0384. The molecule has 0 aromatic carbocycles. The summed E-state index contributed by atoms with van der Waals surface area (Å²) >= 11 is 0. The highest BCUT2D eigenvalue weighted by molar-refractivity contribution is 8.77. The number of nitrogens with two attached hydrogens (primary N) is 2. The smallest absolute Gasteiger partial charge is 0.305 e. The molecule has 0 spiro atoms. The lowest BCUT2D eigenvalue weighted by Gasteiger charge is -2.31. The van der Waals surface area contributed by atoms with E-state index in [-0.39, 0.29) is 63.2 Å². The SMILES string of the molecule is CC(C)C[C@@H]1NC(=O)[C@H](CCC(=O)O)NC(=O)[C@@H]2CCCN2C(=O)[C@H](Cc2cnc[nH]2)NC(=O)[C@H](CC(=O)O)NC(=O)[C@H](C(C)C)NC(=O)[C@H](CO)NC(=O)[C@@H]2CSSC[C@H](NC(=O)CN)C(=O)N[C@@H](CSSC[C@@H](C(N)=O)NC1=O)C(=O)N[C@@H](CO)C(=O)N[C@@H](Cc1cnc[nH]1)C(=O)N1CCC[C@H]1C(=O)N[C@@H](C)C(=O)N2. The number of hydrogen-bond donors (Lipinski definition) is 21. The number of carbonyl (C=O) groups excluding carboxylic acids is 16. The van der Waals surface area contributed by atoms with Gasteiger partial charge in [0.15, 0.2) is 0 Å². The van der Waals surface area contributed by atoms with E-state index in [1.165, 1.54) is 45.8 Å². The van der Waals surface area contributed by atoms with Gasteiger partial charge in [-0.2, -0.15) is 0 Å². The molecule has 0 aliphatic carbocycles. The molecule has 2 aromatic heterocycles. The molecule has 6 rings (SSSR count). The highest BCUT2D eigenvalue weighted by Crippen LogP contribution is 2.27. The molecule has 47 heteroatoms. The molecule has 0 radical (unpaired) electrons. The number of carboxylic acid groups (broad SMARTS) is 2. The van der Waals surface area contributed by atoms with Crippen molar-refractivity contribution in [1.29, 1.82) is 0 Å². The Morgan fingerprint density at radius 3 is 1.44 bits per heavy atom. The van der Waals surface area contributed by atoms with Crippen molar-refractivity contribution in [2.45, 2.75) is 189 Å². The number of nitrogens with zero attached hydrogens (tertiary/aromatic N) is 4. The Morgan fingerprint density at radius 2 is 0.964 bits per heavy atom. The molecule has 6 heterocycles. The molecule has 4 fully saturated rings. The molecular weight excluding hydrogens is 1560 g/mol. The van der Waals surface area contributed by atoms with Crippen molar-refractivity contribution in [3.63, 3.8) is 0 Å². The lowest BCUT2D eigenvalue weighted by atomic mass is 10.0. The van der Waals surface area contributed by atoms with E-state index in [4.69, 9.17) is 11.5 Å². The molecule has 0 unspecified atom stereocenters. The number of aromatic amines is 2. The Bertz CT molecular complexity index is 3710. The fraction of sp³-hybridized carbons (Fsp3) is 0.631. The van der Waals surface area contributed by atoms with E-state index in [1.807, 2.05) is 0 Å². The average molecular weight is 1650 g/mol. The maximum Gasteiger partial charge on any atom is 0.305 e. The number of aromatic nitrogens is 4. The Labute approximate surface area is 657 Å². The average Bonchev–Trinajstić information content (AvgIpc) is 1.65. The van der Waals surface area contributed by atoms with Crippen LogP contribution in [0.5, 0.6) is 0 Å². The second-order valence-corrected chi connectivity index (χ2v) is 32.5. The van der Waals surface area contributed by atoms with Crippen molar-refractivity contribution < 1.29 is 107 Å². The highest BCUT2D eigenvalue weighted by Gasteiger charge is 2.44. The van der Waals surface area contributed by atoms with E-state index in [9.17, 15) is 107 Å². The quantitative estimate of drug-likeness (QED) is 0.0654. The van der Waals surface area contributed by atoms with Crippen LogP contribution in [0.25, 0.3) is 0 Å². The van der Waals surface area contributed by atoms with Gasteiger partial charge in [0.25, 0.3) is 0 Å². The number of aliphatic carboxylic acids is 2. The fourth-order valence-corrected chi connectivity index (χ4v) is 16.7. The van der Waals surface area contributed by atoms with Crippen molar-refractivity contribution in [3.05, 3.63) is 36.4 Å². The zero-order valence-electron chi connectivity index (χ0n) is 61.8. The van der Waals surface area contributed by atoms with Crippen molar-refractivity contribution in [2.24, 2.45) is 23.3 Å². The summed E-state index contributed by atoms with van der Waals surface area (Å²) in [5.41, 5.74) is 12.0. The Balaban J connectivity index is 1.45. The van der Waals surface area contributed by atoms with E-state index >= 15 is 0 Å². The van der Waals surface area contributed by atoms with Crippen molar-refractivity contribution in [1.82, 2.24) is 98.9 Å². The van der Waals surface area contributed by atoms with E-state index in [0.717, 1.165) is 53.0 Å². The van der Waals surface area contributed by atoms with Crippen molar-refractivity contribution >= 4 is 150 Å². The van der Waals surface area contributed by atoms with Crippen LogP contribution < -0.4 is 80.6 Å². The van der Waals surface area contributed by atoms with Crippen LogP contribution in [-0.4, -0.2) is 303 Å². The number of aliphatic hydroxyl groups excluding tert-OH is 2. The monoisotopic (exact) mass is 1650 g/mol. The summed E-state index contributed by atoms with van der Waals surface area (Å²) in [6, 6.07) is -25.0. The molecule has 0 saturated carbocycles. The van der Waals surface area contributed by atoms with Crippen LogP contribution in [-0.2, 0) is 99.1 Å². The minimum atomic E-state index is -2.03. The topological polar surface area (TPSA) is 660 Å². The first-order valence-corrected chi connectivity index (χ1v) is 40.7.